The van der Waals surface area contributed by atoms with Gasteiger partial charge in [0.1, 0.15) is 23.9 Å². The Morgan fingerprint density at radius 2 is 1.89 bits per heavy atom. The fourth-order valence-corrected chi connectivity index (χ4v) is 6.35. The SMILES string of the molecule is CC(N)=NC(=NC(C)C)c1cn2c(n1)-c1ccc(S(=O)(=O)C3CCN(C(C)C)CC3)cc1OCC2. The van der Waals surface area contributed by atoms with Crippen LogP contribution in [0.25, 0.3) is 11.4 Å². The number of hydrogen-bond acceptors (Lipinski definition) is 6. The molecule has 2 N–H and O–H groups in total. The molecule has 4 rings (SSSR count). The Hall–Kier alpha value is -2.72. The maximum atomic E-state index is 13.4. The predicted octanol–water partition coefficient (Wildman–Crippen LogP) is 3.12. The molecular weight excluding hydrogens is 464 g/mol. The molecule has 1 saturated heterocycles. The molecule has 10 heteroatoms. The van der Waals surface area contributed by atoms with Crippen LogP contribution in [0.1, 0.15) is 53.2 Å². The maximum absolute atomic E-state index is 13.4. The van der Waals surface area contributed by atoms with Gasteiger partial charge >= 0.3 is 0 Å². The van der Waals surface area contributed by atoms with Crippen molar-refractivity contribution in [1.29, 1.82) is 0 Å². The van der Waals surface area contributed by atoms with Gasteiger partial charge in [-0.1, -0.05) is 0 Å². The van der Waals surface area contributed by atoms with Gasteiger partial charge in [0.15, 0.2) is 15.7 Å². The molecule has 1 aromatic carbocycles. The first-order valence-corrected chi connectivity index (χ1v) is 13.8. The summed E-state index contributed by atoms with van der Waals surface area (Å²) >= 11 is 0. The van der Waals surface area contributed by atoms with Crippen LogP contribution in [0.5, 0.6) is 5.75 Å². The number of imidazole rings is 1. The third-order valence-electron chi connectivity index (χ3n) is 6.43. The van der Waals surface area contributed by atoms with Crippen molar-refractivity contribution in [3.05, 3.63) is 30.1 Å². The molecule has 0 bridgehead atoms. The lowest BCUT2D eigenvalue weighted by Gasteiger charge is -2.34. The standard InChI is InChI=1S/C25H36N6O3S/c1-16(2)27-24(28-18(5)26)22-15-31-12-13-34-23-14-20(6-7-21(23)25(31)29-22)35(32,33)19-8-10-30(11-9-19)17(3)4/h6-7,14-17,19H,8-13H2,1-5H3,(H2,26,27,28). The fraction of sp³-hybridized carbons (Fsp3) is 0.560. The molecule has 0 atom stereocenters. The van der Waals surface area contributed by atoms with E-state index in [0.29, 0.717) is 65.9 Å². The fourth-order valence-electron chi connectivity index (χ4n) is 4.61. The van der Waals surface area contributed by atoms with E-state index in [-0.39, 0.29) is 11.3 Å². The summed E-state index contributed by atoms with van der Waals surface area (Å²) in [5.41, 5.74) is 7.20. The monoisotopic (exact) mass is 500 g/mol. The van der Waals surface area contributed by atoms with Gasteiger partial charge in [-0.2, -0.15) is 0 Å². The van der Waals surface area contributed by atoms with Crippen molar-refractivity contribution in [1.82, 2.24) is 14.5 Å². The van der Waals surface area contributed by atoms with Crippen LogP contribution < -0.4 is 10.5 Å². The normalized spacial score (nSPS) is 18.4. The van der Waals surface area contributed by atoms with Crippen LogP contribution in [-0.2, 0) is 16.4 Å². The minimum atomic E-state index is -3.45. The van der Waals surface area contributed by atoms with Crippen LogP contribution in [0.4, 0.5) is 0 Å². The summed E-state index contributed by atoms with van der Waals surface area (Å²) in [4.78, 5) is 16.4. The maximum Gasteiger partial charge on any atom is 0.181 e. The number of aromatic nitrogens is 2. The first-order chi connectivity index (χ1) is 16.6. The highest BCUT2D eigenvalue weighted by Crippen LogP contribution is 2.36. The largest absolute Gasteiger partial charge is 0.491 e. The van der Waals surface area contributed by atoms with E-state index in [0.717, 1.165) is 18.7 Å². The van der Waals surface area contributed by atoms with Crippen molar-refractivity contribution in [3.63, 3.8) is 0 Å². The van der Waals surface area contributed by atoms with Gasteiger partial charge in [0.05, 0.1) is 28.1 Å². The zero-order valence-corrected chi connectivity index (χ0v) is 22.0. The van der Waals surface area contributed by atoms with E-state index >= 15 is 0 Å². The smallest absolute Gasteiger partial charge is 0.181 e. The third kappa shape index (κ3) is 5.43. The van der Waals surface area contributed by atoms with Gasteiger partial charge in [-0.15, -0.1) is 0 Å². The summed E-state index contributed by atoms with van der Waals surface area (Å²) in [6.45, 7) is 12.5. The van der Waals surface area contributed by atoms with Crippen molar-refractivity contribution in [2.24, 2.45) is 15.7 Å². The summed E-state index contributed by atoms with van der Waals surface area (Å²) in [6, 6.07) is 5.61. The van der Waals surface area contributed by atoms with Crippen molar-refractivity contribution >= 4 is 21.5 Å². The molecule has 2 aromatic rings. The molecule has 0 unspecified atom stereocenters. The van der Waals surface area contributed by atoms with Crippen LogP contribution >= 0.6 is 0 Å². The molecule has 190 valence electrons. The van der Waals surface area contributed by atoms with E-state index in [9.17, 15) is 8.42 Å². The number of benzene rings is 1. The number of aliphatic imine (C=N–C) groups is 2. The zero-order valence-electron chi connectivity index (χ0n) is 21.2. The molecule has 0 amide bonds. The van der Waals surface area contributed by atoms with Crippen molar-refractivity contribution in [3.8, 4) is 17.1 Å². The van der Waals surface area contributed by atoms with Crippen molar-refractivity contribution in [2.45, 2.75) is 76.2 Å². The second kappa shape index (κ2) is 10.1. The minimum Gasteiger partial charge on any atom is -0.491 e. The number of hydrogen-bond donors (Lipinski definition) is 1. The second-order valence-electron chi connectivity index (χ2n) is 9.82. The number of likely N-dealkylation sites (tertiary alicyclic amines) is 1. The average molecular weight is 501 g/mol. The molecule has 2 aliphatic rings. The first-order valence-electron chi connectivity index (χ1n) is 12.3. The molecular formula is C25H36N6O3S. The molecule has 0 spiro atoms. The second-order valence-corrected chi connectivity index (χ2v) is 12.1. The third-order valence-corrected chi connectivity index (χ3v) is 8.69. The highest BCUT2D eigenvalue weighted by molar-refractivity contribution is 7.92. The molecule has 0 radical (unpaired) electrons. The van der Waals surface area contributed by atoms with Gasteiger partial charge in [-0.3, -0.25) is 4.99 Å². The van der Waals surface area contributed by atoms with Gasteiger partial charge in [-0.25, -0.2) is 18.4 Å². The molecule has 3 heterocycles. The quantitative estimate of drug-likeness (QED) is 0.498. The summed E-state index contributed by atoms with van der Waals surface area (Å²) in [5, 5.41) is -0.373. The van der Waals surface area contributed by atoms with E-state index < -0.39 is 9.84 Å². The molecule has 1 aromatic heterocycles. The Labute approximate surface area is 208 Å². The van der Waals surface area contributed by atoms with Gasteiger partial charge in [-0.05, 0) is 78.7 Å². The number of rotatable bonds is 5. The van der Waals surface area contributed by atoms with E-state index in [4.69, 9.17) is 15.5 Å². The number of nitrogens with zero attached hydrogens (tertiary/aromatic N) is 5. The van der Waals surface area contributed by atoms with Gasteiger partial charge in [0, 0.05) is 18.3 Å². The lowest BCUT2D eigenvalue weighted by Crippen LogP contribution is -2.42. The van der Waals surface area contributed by atoms with E-state index in [1.54, 1.807) is 25.1 Å². The summed E-state index contributed by atoms with van der Waals surface area (Å²) < 4.78 is 34.9. The highest BCUT2D eigenvalue weighted by atomic mass is 32.2. The highest BCUT2D eigenvalue weighted by Gasteiger charge is 2.33. The number of piperidine rings is 1. The zero-order chi connectivity index (χ0) is 25.3. The Balaban J connectivity index is 1.66. The van der Waals surface area contributed by atoms with Crippen molar-refractivity contribution < 1.29 is 13.2 Å². The van der Waals surface area contributed by atoms with Crippen molar-refractivity contribution in [2.75, 3.05) is 19.7 Å². The van der Waals surface area contributed by atoms with Crippen LogP contribution in [0, 0.1) is 0 Å². The first kappa shape index (κ1) is 25.4. The van der Waals surface area contributed by atoms with Crippen LogP contribution in [-0.4, -0.2) is 71.6 Å². The number of fused-ring (bicyclic) bond motifs is 3. The van der Waals surface area contributed by atoms with Gasteiger partial charge in [0.25, 0.3) is 0 Å². The topological polar surface area (TPSA) is 115 Å². The Morgan fingerprint density at radius 3 is 2.51 bits per heavy atom. The molecule has 9 nitrogen and oxygen atoms in total. The average Bonchev–Trinajstić information content (AvgIpc) is 3.14. The number of ether oxygens (including phenoxy) is 1. The summed E-state index contributed by atoms with van der Waals surface area (Å²) in [7, 11) is -3.45. The van der Waals surface area contributed by atoms with Gasteiger partial charge < -0.3 is 19.9 Å². The molecule has 2 aliphatic heterocycles. The van der Waals surface area contributed by atoms with Gasteiger partial charge in [0.2, 0.25) is 0 Å². The number of sulfone groups is 1. The summed E-state index contributed by atoms with van der Waals surface area (Å²) in [6.07, 6.45) is 3.19. The van der Waals surface area contributed by atoms with Crippen LogP contribution in [0.2, 0.25) is 0 Å². The lowest BCUT2D eigenvalue weighted by molar-refractivity contribution is 0.186. The van der Waals surface area contributed by atoms with E-state index in [2.05, 4.69) is 28.7 Å². The Morgan fingerprint density at radius 1 is 1.17 bits per heavy atom. The van der Waals surface area contributed by atoms with E-state index in [1.165, 1.54) is 0 Å². The lowest BCUT2D eigenvalue weighted by atomic mass is 10.1. The minimum absolute atomic E-state index is 0.0328. The number of amidine groups is 2. The molecule has 0 saturated carbocycles. The van der Waals surface area contributed by atoms with E-state index in [1.807, 2.05) is 24.6 Å². The number of nitrogens with two attached hydrogens (primary N) is 1. The Kier molecular flexibility index (Phi) is 7.32. The summed E-state index contributed by atoms with van der Waals surface area (Å²) in [5.74, 6) is 2.12. The van der Waals surface area contributed by atoms with Crippen LogP contribution in [0.3, 0.4) is 0 Å². The Bertz CT molecular complexity index is 1230. The molecule has 35 heavy (non-hydrogen) atoms. The van der Waals surface area contributed by atoms with Crippen LogP contribution in [0.15, 0.2) is 39.3 Å². The molecule has 1 fully saturated rings. The molecule has 0 aliphatic carbocycles. The predicted molar refractivity (Wildman–Crippen MR) is 139 cm³/mol.